The number of benzene rings is 1. The summed E-state index contributed by atoms with van der Waals surface area (Å²) in [7, 11) is 2.05. The van der Waals surface area contributed by atoms with E-state index in [9.17, 15) is 0 Å². The highest BCUT2D eigenvalue weighted by Gasteiger charge is 2.09. The molecule has 3 aromatic rings. The van der Waals surface area contributed by atoms with E-state index in [1.165, 1.54) is 5.39 Å². The number of ether oxygens (including phenoxy) is 1. The standard InChI is InChI=1S/C24H28N4O/c1-3-4-8-21-17-20-7-5-6-9-23(20)24(27-21)29-15-14-28(2)18-22-16-19(10-12-25)11-13-26-22/h5-7,9,11,13,16-17H,3-4,8,10,14-15,18H2,1-2H3. The van der Waals surface area contributed by atoms with Crippen LogP contribution in [0.4, 0.5) is 0 Å². The van der Waals surface area contributed by atoms with Crippen LogP contribution in [0.2, 0.25) is 0 Å². The molecule has 0 unspecified atom stereocenters. The number of nitriles is 1. The molecule has 0 atom stereocenters. The molecule has 0 saturated carbocycles. The fourth-order valence-corrected chi connectivity index (χ4v) is 3.29. The van der Waals surface area contributed by atoms with Crippen LogP contribution in [-0.4, -0.2) is 35.1 Å². The average molecular weight is 389 g/mol. The van der Waals surface area contributed by atoms with E-state index >= 15 is 0 Å². The zero-order valence-electron chi connectivity index (χ0n) is 17.3. The summed E-state index contributed by atoms with van der Waals surface area (Å²) < 4.78 is 6.09. The number of likely N-dealkylation sites (N-methyl/N-ethyl adjacent to an activating group) is 1. The summed E-state index contributed by atoms with van der Waals surface area (Å²) in [4.78, 5) is 11.3. The van der Waals surface area contributed by atoms with Crippen LogP contribution >= 0.6 is 0 Å². The second-order valence-electron chi connectivity index (χ2n) is 7.32. The Balaban J connectivity index is 1.61. The van der Waals surface area contributed by atoms with Crippen LogP contribution in [0.15, 0.2) is 48.7 Å². The van der Waals surface area contributed by atoms with Crippen LogP contribution in [-0.2, 0) is 19.4 Å². The number of nitrogens with zero attached hydrogens (tertiary/aromatic N) is 4. The summed E-state index contributed by atoms with van der Waals surface area (Å²) in [5, 5.41) is 11.1. The molecular formula is C24H28N4O. The number of aryl methyl sites for hydroxylation is 1. The topological polar surface area (TPSA) is 62.0 Å². The number of hydrogen-bond acceptors (Lipinski definition) is 5. The summed E-state index contributed by atoms with van der Waals surface area (Å²) in [6, 6.07) is 16.5. The summed E-state index contributed by atoms with van der Waals surface area (Å²) in [5.74, 6) is 0.719. The molecule has 0 spiro atoms. The van der Waals surface area contributed by atoms with Crippen LogP contribution in [0.1, 0.15) is 36.7 Å². The monoisotopic (exact) mass is 388 g/mol. The smallest absolute Gasteiger partial charge is 0.221 e. The molecule has 0 aliphatic rings. The largest absolute Gasteiger partial charge is 0.476 e. The quantitative estimate of drug-likeness (QED) is 0.510. The summed E-state index contributed by atoms with van der Waals surface area (Å²) >= 11 is 0. The van der Waals surface area contributed by atoms with Crippen molar-refractivity contribution in [2.75, 3.05) is 20.2 Å². The Hall–Kier alpha value is -2.97. The van der Waals surface area contributed by atoms with E-state index in [1.54, 1.807) is 6.20 Å². The molecule has 5 heteroatoms. The molecule has 1 aromatic carbocycles. The highest BCUT2D eigenvalue weighted by molar-refractivity contribution is 5.87. The van der Waals surface area contributed by atoms with E-state index in [0.29, 0.717) is 19.6 Å². The molecule has 0 saturated heterocycles. The molecular weight excluding hydrogens is 360 g/mol. The second-order valence-corrected chi connectivity index (χ2v) is 7.32. The van der Waals surface area contributed by atoms with Crippen LogP contribution in [0.3, 0.4) is 0 Å². The maximum absolute atomic E-state index is 8.86. The van der Waals surface area contributed by atoms with Gasteiger partial charge >= 0.3 is 0 Å². The van der Waals surface area contributed by atoms with Gasteiger partial charge in [0.1, 0.15) is 6.61 Å². The van der Waals surface area contributed by atoms with Gasteiger partial charge in [0.05, 0.1) is 18.2 Å². The van der Waals surface area contributed by atoms with Crippen molar-refractivity contribution in [3.8, 4) is 11.9 Å². The van der Waals surface area contributed by atoms with Gasteiger partial charge in [-0.1, -0.05) is 31.5 Å². The minimum atomic E-state index is 0.412. The lowest BCUT2D eigenvalue weighted by molar-refractivity contribution is 0.227. The van der Waals surface area contributed by atoms with Gasteiger partial charge in [-0.15, -0.1) is 0 Å². The second kappa shape index (κ2) is 10.5. The van der Waals surface area contributed by atoms with Gasteiger partial charge in [0, 0.05) is 30.4 Å². The van der Waals surface area contributed by atoms with E-state index in [2.05, 4.69) is 47.1 Å². The molecule has 2 aromatic heterocycles. The third-order valence-electron chi connectivity index (χ3n) is 4.85. The fraction of sp³-hybridized carbons (Fsp3) is 0.375. The van der Waals surface area contributed by atoms with Crippen molar-refractivity contribution < 1.29 is 4.74 Å². The van der Waals surface area contributed by atoms with Crippen LogP contribution < -0.4 is 4.74 Å². The third-order valence-corrected chi connectivity index (χ3v) is 4.85. The van der Waals surface area contributed by atoms with E-state index in [4.69, 9.17) is 15.0 Å². The van der Waals surface area contributed by atoms with Gasteiger partial charge in [0.2, 0.25) is 5.88 Å². The predicted octanol–water partition coefficient (Wildman–Crippen LogP) is 4.55. The SMILES string of the molecule is CCCCc1cc2ccccc2c(OCCN(C)Cc2cc(CC#N)ccn2)n1. The number of unbranched alkanes of at least 4 members (excludes halogenated alkanes) is 1. The highest BCUT2D eigenvalue weighted by atomic mass is 16.5. The van der Waals surface area contributed by atoms with E-state index < -0.39 is 0 Å². The average Bonchev–Trinajstić information content (AvgIpc) is 2.72. The van der Waals surface area contributed by atoms with E-state index in [1.807, 2.05) is 25.2 Å². The third kappa shape index (κ3) is 6.00. The van der Waals surface area contributed by atoms with Gasteiger partial charge in [0.15, 0.2) is 0 Å². The van der Waals surface area contributed by atoms with E-state index in [-0.39, 0.29) is 0 Å². The number of pyridine rings is 2. The van der Waals surface area contributed by atoms with Crippen LogP contribution in [0.25, 0.3) is 10.8 Å². The van der Waals surface area contributed by atoms with Crippen molar-refractivity contribution in [3.63, 3.8) is 0 Å². The molecule has 2 heterocycles. The van der Waals surface area contributed by atoms with Crippen molar-refractivity contribution in [3.05, 3.63) is 65.6 Å². The molecule has 0 amide bonds. The Morgan fingerprint density at radius 2 is 2.00 bits per heavy atom. The molecule has 3 rings (SSSR count). The highest BCUT2D eigenvalue weighted by Crippen LogP contribution is 2.25. The van der Waals surface area contributed by atoms with Crippen LogP contribution in [0, 0.1) is 11.3 Å². The number of hydrogen-bond donors (Lipinski definition) is 0. The Labute approximate surface area is 173 Å². The maximum atomic E-state index is 8.86. The number of rotatable bonds is 10. The predicted molar refractivity (Wildman–Crippen MR) is 116 cm³/mol. The first kappa shape index (κ1) is 20.8. The van der Waals surface area contributed by atoms with Gasteiger partial charge < -0.3 is 4.74 Å². The zero-order valence-corrected chi connectivity index (χ0v) is 17.3. The first-order valence-electron chi connectivity index (χ1n) is 10.2. The Morgan fingerprint density at radius 1 is 1.14 bits per heavy atom. The zero-order chi connectivity index (χ0) is 20.5. The molecule has 0 bridgehead atoms. The van der Waals surface area contributed by atoms with Gasteiger partial charge in [-0.3, -0.25) is 9.88 Å². The molecule has 0 aliphatic heterocycles. The van der Waals surface area contributed by atoms with Crippen molar-refractivity contribution in [2.24, 2.45) is 0 Å². The minimum absolute atomic E-state index is 0.412. The lowest BCUT2D eigenvalue weighted by Gasteiger charge is -2.17. The Bertz CT molecular complexity index is 980. The number of aromatic nitrogens is 2. The molecule has 0 aliphatic carbocycles. The van der Waals surface area contributed by atoms with Gasteiger partial charge in [-0.2, -0.15) is 5.26 Å². The van der Waals surface area contributed by atoms with Crippen molar-refractivity contribution in [1.29, 1.82) is 5.26 Å². The fourth-order valence-electron chi connectivity index (χ4n) is 3.29. The summed E-state index contributed by atoms with van der Waals surface area (Å²) in [6.07, 6.45) is 5.44. The Morgan fingerprint density at radius 3 is 2.83 bits per heavy atom. The summed E-state index contributed by atoms with van der Waals surface area (Å²) in [5.41, 5.74) is 3.06. The lowest BCUT2D eigenvalue weighted by Crippen LogP contribution is -2.24. The number of fused-ring (bicyclic) bond motifs is 1. The minimum Gasteiger partial charge on any atom is -0.476 e. The molecule has 0 fully saturated rings. The molecule has 0 radical (unpaired) electrons. The molecule has 5 nitrogen and oxygen atoms in total. The Kier molecular flexibility index (Phi) is 7.54. The summed E-state index contributed by atoms with van der Waals surface area (Å²) in [6.45, 7) is 4.23. The van der Waals surface area contributed by atoms with Crippen molar-refractivity contribution in [2.45, 2.75) is 39.2 Å². The molecule has 0 N–H and O–H groups in total. The maximum Gasteiger partial charge on any atom is 0.221 e. The van der Waals surface area contributed by atoms with E-state index in [0.717, 1.165) is 54.0 Å². The first-order chi connectivity index (χ1) is 14.2. The van der Waals surface area contributed by atoms with Gasteiger partial charge in [-0.05, 0) is 55.1 Å². The van der Waals surface area contributed by atoms with Crippen molar-refractivity contribution >= 4 is 10.8 Å². The molecule has 150 valence electrons. The van der Waals surface area contributed by atoms with Crippen molar-refractivity contribution in [1.82, 2.24) is 14.9 Å². The van der Waals surface area contributed by atoms with Gasteiger partial charge in [-0.25, -0.2) is 4.98 Å². The van der Waals surface area contributed by atoms with Gasteiger partial charge in [0.25, 0.3) is 0 Å². The lowest BCUT2D eigenvalue weighted by atomic mass is 10.1. The molecule has 29 heavy (non-hydrogen) atoms. The van der Waals surface area contributed by atoms with Crippen LogP contribution in [0.5, 0.6) is 5.88 Å². The normalized spacial score (nSPS) is 11.0. The first-order valence-corrected chi connectivity index (χ1v) is 10.2.